The molecule has 4 aliphatic rings. The van der Waals surface area contributed by atoms with E-state index in [0.29, 0.717) is 36.6 Å². The number of anilines is 4. The minimum Gasteiger partial charge on any atom is -0.340 e. The second-order valence-electron chi connectivity index (χ2n) is 18.3. The maximum atomic E-state index is 13.8. The lowest BCUT2D eigenvalue weighted by Crippen LogP contribution is -2.27. The molecule has 13 nitrogen and oxygen atoms in total. The van der Waals surface area contributed by atoms with Crippen molar-refractivity contribution in [2.45, 2.75) is 75.3 Å². The highest BCUT2D eigenvalue weighted by Crippen LogP contribution is 2.50. The molecular weight excluding hydrogens is 881 g/mol. The van der Waals surface area contributed by atoms with Gasteiger partial charge in [-0.3, -0.25) is 9.80 Å². The Balaban J connectivity index is 0.992. The fourth-order valence-electron chi connectivity index (χ4n) is 9.50. The Morgan fingerprint density at radius 2 is 1.06 bits per heavy atom. The van der Waals surface area contributed by atoms with Gasteiger partial charge in [-0.1, -0.05) is 94.4 Å². The smallest absolute Gasteiger partial charge is 0.280 e. The highest BCUT2D eigenvalue weighted by Gasteiger charge is 2.41. The number of rotatable bonds is 10. The molecule has 0 saturated carbocycles. The molecule has 1 amide bonds. The van der Waals surface area contributed by atoms with Crippen LogP contribution in [0.5, 0.6) is 0 Å². The molecule has 0 atom stereocenters. The minimum atomic E-state index is -3.89. The maximum Gasteiger partial charge on any atom is 0.280 e. The number of allylic oxidation sites excluding steroid dienone is 6. The van der Waals surface area contributed by atoms with Gasteiger partial charge in [-0.05, 0) is 121 Å². The molecule has 15 heteroatoms. The van der Waals surface area contributed by atoms with Gasteiger partial charge in [0.05, 0.1) is 44.7 Å². The van der Waals surface area contributed by atoms with Crippen LogP contribution < -0.4 is 30.1 Å². The molecule has 4 heterocycles. The first kappa shape index (κ1) is 45.3. The van der Waals surface area contributed by atoms with E-state index in [-0.39, 0.29) is 21.1 Å². The fraction of sp³-hybridized carbons (Fsp3) is 0.212. The van der Waals surface area contributed by atoms with E-state index in [9.17, 15) is 21.6 Å². The van der Waals surface area contributed by atoms with Crippen LogP contribution in [0.4, 0.5) is 22.7 Å². The van der Waals surface area contributed by atoms with Crippen LogP contribution in [0.1, 0.15) is 63.8 Å². The summed E-state index contributed by atoms with van der Waals surface area (Å²) in [5.74, 6) is -0.315. The van der Waals surface area contributed by atoms with Crippen LogP contribution in [0, 0.1) is 0 Å². The maximum absolute atomic E-state index is 13.8. The fourth-order valence-corrected chi connectivity index (χ4v) is 10.5. The summed E-state index contributed by atoms with van der Waals surface area (Å²) in [6.45, 7) is 14.4. The van der Waals surface area contributed by atoms with Gasteiger partial charge in [0, 0.05) is 46.7 Å². The predicted molar refractivity (Wildman–Crippen MR) is 267 cm³/mol. The largest absolute Gasteiger partial charge is 0.340 e. The third-order valence-electron chi connectivity index (χ3n) is 13.1. The zero-order valence-corrected chi connectivity index (χ0v) is 39.8. The summed E-state index contributed by atoms with van der Waals surface area (Å²) in [5.41, 5.74) is 12.6. The first-order valence-corrected chi connectivity index (χ1v) is 25.0. The molecule has 5 aromatic rings. The first-order valence-electron chi connectivity index (χ1n) is 21.9. The molecule has 342 valence electrons. The molecule has 0 fully saturated rings. The summed E-state index contributed by atoms with van der Waals surface area (Å²) in [7, 11) is -7.69. The summed E-state index contributed by atoms with van der Waals surface area (Å²) >= 11 is 0. The van der Waals surface area contributed by atoms with E-state index in [2.05, 4.69) is 128 Å². The van der Waals surface area contributed by atoms with Crippen molar-refractivity contribution in [2.24, 2.45) is 20.5 Å². The number of nitrogens with zero attached hydrogens (tertiary/aromatic N) is 6. The number of hydrogen-bond donors (Lipinski definition) is 2. The van der Waals surface area contributed by atoms with E-state index in [4.69, 9.17) is 15.4 Å². The molecule has 9 rings (SSSR count). The van der Waals surface area contributed by atoms with E-state index in [1.807, 2.05) is 24.1 Å². The monoisotopic (exact) mass is 932 g/mol. The Kier molecular flexibility index (Phi) is 11.3. The number of benzene rings is 5. The van der Waals surface area contributed by atoms with Gasteiger partial charge in [0.2, 0.25) is 20.0 Å². The van der Waals surface area contributed by atoms with Crippen LogP contribution >= 0.6 is 0 Å². The van der Waals surface area contributed by atoms with Gasteiger partial charge in [-0.25, -0.2) is 27.1 Å². The van der Waals surface area contributed by atoms with Gasteiger partial charge in [0.15, 0.2) is 0 Å². The van der Waals surface area contributed by atoms with E-state index in [0.717, 1.165) is 50.9 Å². The van der Waals surface area contributed by atoms with Gasteiger partial charge in [-0.2, -0.15) is 15.2 Å². The van der Waals surface area contributed by atoms with Crippen molar-refractivity contribution in [3.05, 3.63) is 190 Å². The molecule has 5 aromatic carbocycles. The first-order chi connectivity index (χ1) is 31.7. The quantitative estimate of drug-likeness (QED) is 0.131. The molecule has 0 bridgehead atoms. The number of carbonyl (C=O) groups excluding carboxylic acids is 1. The highest BCUT2D eigenvalue weighted by atomic mass is 32.2. The molecule has 0 aliphatic carbocycles. The van der Waals surface area contributed by atoms with Gasteiger partial charge >= 0.3 is 0 Å². The molecule has 0 spiro atoms. The predicted octanol–water partition coefficient (Wildman–Crippen LogP) is 8.52. The number of primary sulfonamides is 2. The molecule has 0 aromatic heterocycles. The number of nitrogens with two attached hydrogens (primary N) is 2. The second-order valence-corrected chi connectivity index (χ2v) is 21.4. The molecule has 0 radical (unpaired) electrons. The molecule has 0 saturated heterocycles. The summed E-state index contributed by atoms with van der Waals surface area (Å²) < 4.78 is 47.4. The van der Waals surface area contributed by atoms with Gasteiger partial charge < -0.3 is 9.80 Å². The lowest BCUT2D eigenvalue weighted by molar-refractivity contribution is -0.114. The Bertz CT molecular complexity index is 3280. The SMILES string of the molecule is CC1=NN(c2ccc(S(N)(=O)=O)cc2)C(=O)/C1=C\C=C1\N(Cc2cccc(CN3/C(=C/C=C4\CN(c5ccc(S(N)(=O)=O)cc5)N=C4C)C(C)(C)c4ccccc43)c2)c2ccccc2C1(C)C. The van der Waals surface area contributed by atoms with Crippen molar-refractivity contribution < 1.29 is 21.6 Å². The number of fused-ring (bicyclic) bond motifs is 2. The van der Waals surface area contributed by atoms with Gasteiger partial charge in [0.1, 0.15) is 0 Å². The van der Waals surface area contributed by atoms with E-state index in [1.165, 1.54) is 52.5 Å². The number of para-hydroxylation sites is 2. The average molecular weight is 933 g/mol. The Morgan fingerprint density at radius 3 is 1.57 bits per heavy atom. The Labute approximate surface area is 392 Å². The summed E-state index contributed by atoms with van der Waals surface area (Å²) in [6, 6.07) is 37.9. The molecule has 4 aliphatic heterocycles. The Morgan fingerprint density at radius 1 is 0.582 bits per heavy atom. The normalized spacial score (nSPS) is 20.1. The van der Waals surface area contributed by atoms with Crippen molar-refractivity contribution in [3.8, 4) is 0 Å². The van der Waals surface area contributed by atoms with Crippen LogP contribution in [-0.2, 0) is 48.8 Å². The van der Waals surface area contributed by atoms with Crippen LogP contribution in [-0.4, -0.2) is 40.7 Å². The number of sulfonamides is 2. The Hall–Kier alpha value is -6.91. The van der Waals surface area contributed by atoms with E-state index < -0.39 is 25.5 Å². The average Bonchev–Trinajstić information content (AvgIpc) is 3.93. The zero-order chi connectivity index (χ0) is 47.6. The van der Waals surface area contributed by atoms with Crippen LogP contribution in [0.2, 0.25) is 0 Å². The molecule has 67 heavy (non-hydrogen) atoms. The topological polar surface area (TPSA) is 175 Å². The van der Waals surface area contributed by atoms with Gasteiger partial charge in [0.25, 0.3) is 5.91 Å². The van der Waals surface area contributed by atoms with E-state index >= 15 is 0 Å². The summed E-state index contributed by atoms with van der Waals surface area (Å²) in [4.78, 5) is 18.6. The van der Waals surface area contributed by atoms with Crippen LogP contribution in [0.15, 0.2) is 188 Å². The van der Waals surface area contributed by atoms with E-state index in [1.54, 1.807) is 19.1 Å². The van der Waals surface area contributed by atoms with Crippen molar-refractivity contribution in [3.63, 3.8) is 0 Å². The minimum absolute atomic E-state index is 0.0472. The van der Waals surface area contributed by atoms with Crippen LogP contribution in [0.25, 0.3) is 0 Å². The van der Waals surface area contributed by atoms with Crippen molar-refractivity contribution in [1.29, 1.82) is 0 Å². The van der Waals surface area contributed by atoms with Crippen molar-refractivity contribution in [1.82, 2.24) is 0 Å². The molecule has 4 N–H and O–H groups in total. The second kappa shape index (κ2) is 16.8. The lowest BCUT2D eigenvalue weighted by Gasteiger charge is -2.28. The number of hydrazone groups is 2. The third-order valence-corrected chi connectivity index (χ3v) is 15.0. The zero-order valence-electron chi connectivity index (χ0n) is 38.2. The van der Waals surface area contributed by atoms with Crippen molar-refractivity contribution >= 4 is 60.1 Å². The number of carbonyl (C=O) groups is 1. The number of amides is 1. The third kappa shape index (κ3) is 8.44. The molecule has 0 unspecified atom stereocenters. The number of hydrogen-bond acceptors (Lipinski definition) is 10. The van der Waals surface area contributed by atoms with Crippen LogP contribution in [0.3, 0.4) is 0 Å². The lowest BCUT2D eigenvalue weighted by atomic mass is 9.83. The molecular formula is C52H52N8O5S2. The highest BCUT2D eigenvalue weighted by molar-refractivity contribution is 7.89. The standard InChI is InChI=1S/C52H52N8O5S2/c1-34-38(33-59(55-34)39-19-23-41(24-20-39)66(53,62)63)18-28-48-51(3,4)44-14-7-9-16-46(44)57(48)31-36-12-11-13-37(30-36)32-58-47-17-10-8-15-45(47)52(5,6)49(58)29-27-43-35(2)56-60(50(43)61)40-21-25-42(26-22-40)67(54,64)65/h7-30H,31-33H2,1-6H3,(H2,53,62,63)(H2,54,64,65)/b38-18+,43-27-,48-28+,49-29+. The van der Waals surface area contributed by atoms with Gasteiger partial charge in [-0.15, -0.1) is 0 Å². The van der Waals surface area contributed by atoms with Crippen molar-refractivity contribution in [2.75, 3.05) is 26.4 Å². The summed E-state index contributed by atoms with van der Waals surface area (Å²) in [5, 5.41) is 23.1. The summed E-state index contributed by atoms with van der Waals surface area (Å²) in [6.07, 6.45) is 8.23.